The highest BCUT2D eigenvalue weighted by Gasteiger charge is 2.46. The van der Waals surface area contributed by atoms with E-state index in [1.165, 1.54) is 11.8 Å². The Labute approximate surface area is 184 Å². The first kappa shape index (κ1) is 20.3. The zero-order valence-corrected chi connectivity index (χ0v) is 18.3. The number of fused-ring (bicyclic) bond motifs is 1. The Balaban J connectivity index is 1.83. The number of hydrogen-bond donors (Lipinski definition) is 1. The van der Waals surface area contributed by atoms with E-state index < -0.39 is 5.97 Å². The van der Waals surface area contributed by atoms with Crippen LogP contribution < -0.4 is 0 Å². The van der Waals surface area contributed by atoms with Crippen LogP contribution in [0.2, 0.25) is 10.0 Å². The number of halogens is 2. The number of rotatable bonds is 5. The molecule has 0 saturated carbocycles. The number of nitrogens with zero attached hydrogens (tertiary/aromatic N) is 2. The Bertz CT molecular complexity index is 1000. The molecule has 150 valence electrons. The average molecular weight is 447 g/mol. The van der Waals surface area contributed by atoms with Crippen LogP contribution >= 0.6 is 35.0 Å². The SMILES string of the molecule is CC(C)CC1=C(C(=O)O)SC2=N[C@@H](c3ccc(Cl)cc3)[C@@H](c3ccc(Cl)cc3)N21. The molecule has 0 aromatic heterocycles. The van der Waals surface area contributed by atoms with Crippen molar-refractivity contribution >= 4 is 46.1 Å². The molecule has 0 unspecified atom stereocenters. The Morgan fingerprint density at radius 1 is 1.07 bits per heavy atom. The van der Waals surface area contributed by atoms with E-state index in [0.717, 1.165) is 22.0 Å². The van der Waals surface area contributed by atoms with Gasteiger partial charge in [-0.1, -0.05) is 61.3 Å². The zero-order chi connectivity index (χ0) is 20.7. The number of allylic oxidation sites excluding steroid dienone is 1. The number of aliphatic imine (C=N–C) groups is 1. The van der Waals surface area contributed by atoms with Crippen LogP contribution in [-0.4, -0.2) is 21.1 Å². The van der Waals surface area contributed by atoms with Crippen molar-refractivity contribution in [2.75, 3.05) is 0 Å². The third-order valence-corrected chi connectivity index (χ3v) is 6.60. The molecule has 0 fully saturated rings. The van der Waals surface area contributed by atoms with Crippen LogP contribution in [0, 0.1) is 5.92 Å². The van der Waals surface area contributed by atoms with Gasteiger partial charge in [0.1, 0.15) is 10.9 Å². The molecule has 0 radical (unpaired) electrons. The van der Waals surface area contributed by atoms with Crippen molar-refractivity contribution in [2.45, 2.75) is 32.4 Å². The lowest BCUT2D eigenvalue weighted by atomic mass is 9.92. The third-order valence-electron chi connectivity index (χ3n) is 5.00. The second kappa shape index (κ2) is 8.05. The van der Waals surface area contributed by atoms with Gasteiger partial charge in [0.25, 0.3) is 0 Å². The molecule has 0 saturated heterocycles. The van der Waals surface area contributed by atoms with Gasteiger partial charge in [0.2, 0.25) is 0 Å². The van der Waals surface area contributed by atoms with Gasteiger partial charge in [-0.25, -0.2) is 4.79 Å². The van der Waals surface area contributed by atoms with Gasteiger partial charge in [0.05, 0.1) is 6.04 Å². The summed E-state index contributed by atoms with van der Waals surface area (Å²) in [5, 5.41) is 11.8. The minimum atomic E-state index is -0.902. The number of carboxylic acid groups (broad SMARTS) is 1. The van der Waals surface area contributed by atoms with Gasteiger partial charge in [-0.3, -0.25) is 4.99 Å². The highest BCUT2D eigenvalue weighted by molar-refractivity contribution is 8.18. The summed E-state index contributed by atoms with van der Waals surface area (Å²) in [5.74, 6) is -0.583. The third kappa shape index (κ3) is 3.91. The Kier molecular flexibility index (Phi) is 5.65. The van der Waals surface area contributed by atoms with Crippen molar-refractivity contribution < 1.29 is 9.90 Å². The minimum absolute atomic E-state index is 0.137. The van der Waals surface area contributed by atoms with Crippen LogP contribution in [0.25, 0.3) is 0 Å². The maximum absolute atomic E-state index is 11.9. The quantitative estimate of drug-likeness (QED) is 0.566. The summed E-state index contributed by atoms with van der Waals surface area (Å²) < 4.78 is 0. The Hall–Kier alpha value is -1.95. The number of aliphatic carboxylic acids is 1. The van der Waals surface area contributed by atoms with Gasteiger partial charge in [-0.15, -0.1) is 0 Å². The second-order valence-corrected chi connectivity index (χ2v) is 9.41. The van der Waals surface area contributed by atoms with Crippen LogP contribution in [0.1, 0.15) is 43.5 Å². The highest BCUT2D eigenvalue weighted by atomic mass is 35.5. The molecule has 0 amide bonds. The van der Waals surface area contributed by atoms with Crippen LogP contribution in [0.15, 0.2) is 64.1 Å². The van der Waals surface area contributed by atoms with E-state index in [4.69, 9.17) is 28.2 Å². The average Bonchev–Trinajstić information content (AvgIpc) is 3.20. The van der Waals surface area contributed by atoms with E-state index >= 15 is 0 Å². The summed E-state index contributed by atoms with van der Waals surface area (Å²) in [7, 11) is 0. The van der Waals surface area contributed by atoms with Crippen LogP contribution in [-0.2, 0) is 4.79 Å². The predicted molar refractivity (Wildman–Crippen MR) is 119 cm³/mol. The number of carbonyl (C=O) groups is 1. The maximum Gasteiger partial charge on any atom is 0.344 e. The summed E-state index contributed by atoms with van der Waals surface area (Å²) in [4.78, 5) is 19.3. The summed E-state index contributed by atoms with van der Waals surface area (Å²) in [6, 6.07) is 15.1. The van der Waals surface area contributed by atoms with Crippen molar-refractivity contribution in [3.05, 3.63) is 80.3 Å². The molecule has 0 spiro atoms. The Morgan fingerprint density at radius 3 is 2.14 bits per heavy atom. The normalized spacial score (nSPS) is 21.0. The minimum Gasteiger partial charge on any atom is -0.477 e. The smallest absolute Gasteiger partial charge is 0.344 e. The van der Waals surface area contributed by atoms with Gasteiger partial charge in [-0.05, 0) is 59.5 Å². The van der Waals surface area contributed by atoms with E-state index in [0.29, 0.717) is 27.3 Å². The highest BCUT2D eigenvalue weighted by Crippen LogP contribution is 2.52. The van der Waals surface area contributed by atoms with E-state index in [1.54, 1.807) is 0 Å². The molecule has 7 heteroatoms. The molecule has 2 aromatic carbocycles. The topological polar surface area (TPSA) is 52.9 Å². The molecular formula is C22H20Cl2N2O2S. The van der Waals surface area contributed by atoms with E-state index in [1.807, 2.05) is 48.5 Å². The molecular weight excluding hydrogens is 427 g/mol. The van der Waals surface area contributed by atoms with Crippen molar-refractivity contribution in [2.24, 2.45) is 10.9 Å². The van der Waals surface area contributed by atoms with Gasteiger partial charge in [0, 0.05) is 15.7 Å². The van der Waals surface area contributed by atoms with Gasteiger partial charge in [0.15, 0.2) is 5.17 Å². The number of benzene rings is 2. The number of hydrogen-bond acceptors (Lipinski definition) is 4. The lowest BCUT2D eigenvalue weighted by Crippen LogP contribution is -2.27. The van der Waals surface area contributed by atoms with Gasteiger partial charge in [-0.2, -0.15) is 0 Å². The van der Waals surface area contributed by atoms with Crippen molar-refractivity contribution in [3.63, 3.8) is 0 Å². The lowest BCUT2D eigenvalue weighted by molar-refractivity contribution is -0.131. The molecule has 4 rings (SSSR count). The molecule has 4 nitrogen and oxygen atoms in total. The van der Waals surface area contributed by atoms with E-state index in [2.05, 4.69) is 18.7 Å². The van der Waals surface area contributed by atoms with E-state index in [9.17, 15) is 9.90 Å². The fourth-order valence-electron chi connectivity index (χ4n) is 3.78. The first-order valence-electron chi connectivity index (χ1n) is 9.37. The first-order valence-corrected chi connectivity index (χ1v) is 10.9. The fourth-order valence-corrected chi connectivity index (χ4v) is 5.09. The maximum atomic E-state index is 11.9. The van der Waals surface area contributed by atoms with Gasteiger partial charge < -0.3 is 10.0 Å². The monoisotopic (exact) mass is 446 g/mol. The van der Waals surface area contributed by atoms with Crippen molar-refractivity contribution in [1.29, 1.82) is 0 Å². The zero-order valence-electron chi connectivity index (χ0n) is 16.0. The molecule has 0 aliphatic carbocycles. The summed E-state index contributed by atoms with van der Waals surface area (Å²) in [5.41, 5.74) is 2.91. The molecule has 2 heterocycles. The number of carboxylic acids is 1. The molecule has 1 N–H and O–H groups in total. The molecule has 2 aromatic rings. The predicted octanol–water partition coefficient (Wildman–Crippen LogP) is 6.54. The second-order valence-electron chi connectivity index (χ2n) is 7.56. The van der Waals surface area contributed by atoms with Crippen LogP contribution in [0.5, 0.6) is 0 Å². The lowest BCUT2D eigenvalue weighted by Gasteiger charge is -2.30. The van der Waals surface area contributed by atoms with Gasteiger partial charge >= 0.3 is 5.97 Å². The number of thioether (sulfide) groups is 1. The molecule has 2 aliphatic heterocycles. The van der Waals surface area contributed by atoms with Crippen molar-refractivity contribution in [3.8, 4) is 0 Å². The summed E-state index contributed by atoms with van der Waals surface area (Å²) >= 11 is 13.4. The fraction of sp³-hybridized carbons (Fsp3) is 0.273. The van der Waals surface area contributed by atoms with Crippen molar-refractivity contribution in [1.82, 2.24) is 4.90 Å². The summed E-state index contributed by atoms with van der Waals surface area (Å²) in [6.45, 7) is 4.19. The van der Waals surface area contributed by atoms with E-state index in [-0.39, 0.29) is 12.1 Å². The number of amidine groups is 1. The first-order chi connectivity index (χ1) is 13.8. The molecule has 0 bridgehead atoms. The molecule has 2 aliphatic rings. The Morgan fingerprint density at radius 2 is 1.62 bits per heavy atom. The largest absolute Gasteiger partial charge is 0.477 e. The van der Waals surface area contributed by atoms with Crippen LogP contribution in [0.4, 0.5) is 0 Å². The standard InChI is InChI=1S/C22H20Cl2N2O2S/c1-12(2)11-17-20(21(27)28)29-22-25-18(13-3-7-15(23)8-4-13)19(26(17)22)14-5-9-16(24)10-6-14/h3-10,12,18-19H,11H2,1-2H3,(H,27,28)/t18-,19+/m0/s1. The molecule has 2 atom stereocenters. The van der Waals surface area contributed by atoms with Crippen LogP contribution in [0.3, 0.4) is 0 Å². The molecule has 29 heavy (non-hydrogen) atoms. The summed E-state index contributed by atoms with van der Waals surface area (Å²) in [6.07, 6.45) is 0.672.